The van der Waals surface area contributed by atoms with Crippen LogP contribution in [0.25, 0.3) is 11.3 Å². The lowest BCUT2D eigenvalue weighted by atomic mass is 10.0. The molecular formula is C14H7F6NO2. The number of para-hydroxylation sites is 1. The summed E-state index contributed by atoms with van der Waals surface area (Å²) in [6.07, 6.45) is -9.21. The Kier molecular flexibility index (Phi) is 4.31. The Labute approximate surface area is 125 Å². The van der Waals surface area contributed by atoms with Crippen LogP contribution in [0.3, 0.4) is 0 Å². The van der Waals surface area contributed by atoms with Gasteiger partial charge in [0.15, 0.2) is 6.29 Å². The molecule has 2 rings (SSSR count). The van der Waals surface area contributed by atoms with Gasteiger partial charge in [-0.2, -0.15) is 13.2 Å². The Bertz CT molecular complexity index is 724. The molecule has 0 aliphatic rings. The van der Waals surface area contributed by atoms with Crippen LogP contribution in [-0.4, -0.2) is 17.6 Å². The van der Waals surface area contributed by atoms with E-state index in [1.54, 1.807) is 0 Å². The first kappa shape index (κ1) is 16.8. The minimum absolute atomic E-state index is 0.0404. The van der Waals surface area contributed by atoms with Crippen LogP contribution in [-0.2, 0) is 6.18 Å². The van der Waals surface area contributed by atoms with E-state index in [1.807, 2.05) is 0 Å². The van der Waals surface area contributed by atoms with Crippen LogP contribution in [0.5, 0.6) is 5.75 Å². The maximum atomic E-state index is 13.2. The molecule has 2 aromatic rings. The summed E-state index contributed by atoms with van der Waals surface area (Å²) in [6, 6.07) is 5.08. The van der Waals surface area contributed by atoms with E-state index >= 15 is 0 Å². The van der Waals surface area contributed by atoms with Gasteiger partial charge in [-0.3, -0.25) is 9.78 Å². The zero-order chi connectivity index (χ0) is 17.3. The van der Waals surface area contributed by atoms with Crippen LogP contribution >= 0.6 is 0 Å². The SMILES string of the molecule is O=Cc1ccnc(-c2ccccc2OC(F)(F)F)c1C(F)(F)F. The van der Waals surface area contributed by atoms with E-state index in [2.05, 4.69) is 9.72 Å². The van der Waals surface area contributed by atoms with Crippen molar-refractivity contribution in [1.29, 1.82) is 0 Å². The molecule has 9 heteroatoms. The number of hydrogen-bond acceptors (Lipinski definition) is 3. The van der Waals surface area contributed by atoms with Crippen LogP contribution < -0.4 is 4.74 Å². The van der Waals surface area contributed by atoms with Gasteiger partial charge in [0, 0.05) is 17.3 Å². The highest BCUT2D eigenvalue weighted by Crippen LogP contribution is 2.41. The molecule has 0 atom stereocenters. The van der Waals surface area contributed by atoms with Gasteiger partial charge in [-0.25, -0.2) is 0 Å². The molecule has 0 amide bonds. The van der Waals surface area contributed by atoms with Crippen molar-refractivity contribution in [3.63, 3.8) is 0 Å². The van der Waals surface area contributed by atoms with Crippen molar-refractivity contribution in [3.8, 4) is 17.0 Å². The molecule has 1 heterocycles. The van der Waals surface area contributed by atoms with Gasteiger partial charge in [-0.05, 0) is 18.2 Å². The summed E-state index contributed by atoms with van der Waals surface area (Å²) in [4.78, 5) is 14.3. The van der Waals surface area contributed by atoms with E-state index < -0.39 is 40.7 Å². The van der Waals surface area contributed by atoms with Gasteiger partial charge in [-0.15, -0.1) is 13.2 Å². The third-order valence-electron chi connectivity index (χ3n) is 2.76. The number of nitrogens with zero attached hydrogens (tertiary/aromatic N) is 1. The van der Waals surface area contributed by atoms with Crippen molar-refractivity contribution in [2.24, 2.45) is 0 Å². The molecule has 0 bridgehead atoms. The van der Waals surface area contributed by atoms with E-state index in [1.165, 1.54) is 12.1 Å². The Morgan fingerprint density at radius 2 is 1.65 bits per heavy atom. The maximum absolute atomic E-state index is 13.2. The largest absolute Gasteiger partial charge is 0.573 e. The number of carbonyl (C=O) groups is 1. The number of benzene rings is 1. The molecule has 0 unspecified atom stereocenters. The van der Waals surface area contributed by atoms with Crippen molar-refractivity contribution in [3.05, 3.63) is 47.7 Å². The molecule has 0 aliphatic carbocycles. The van der Waals surface area contributed by atoms with Gasteiger partial charge in [0.05, 0.1) is 11.3 Å². The van der Waals surface area contributed by atoms with Crippen LogP contribution in [0.2, 0.25) is 0 Å². The Morgan fingerprint density at radius 3 is 2.22 bits per heavy atom. The molecule has 23 heavy (non-hydrogen) atoms. The number of alkyl halides is 6. The van der Waals surface area contributed by atoms with Crippen molar-refractivity contribution in [1.82, 2.24) is 4.98 Å². The number of rotatable bonds is 3. The quantitative estimate of drug-likeness (QED) is 0.613. The maximum Gasteiger partial charge on any atom is 0.573 e. The first-order valence-corrected chi connectivity index (χ1v) is 6.00. The fraction of sp³-hybridized carbons (Fsp3) is 0.143. The second-order valence-electron chi connectivity index (χ2n) is 4.28. The second-order valence-corrected chi connectivity index (χ2v) is 4.28. The monoisotopic (exact) mass is 335 g/mol. The average molecular weight is 335 g/mol. The molecule has 0 fully saturated rings. The van der Waals surface area contributed by atoms with Crippen LogP contribution in [0.4, 0.5) is 26.3 Å². The Hall–Kier alpha value is -2.58. The Morgan fingerprint density at radius 1 is 1.00 bits per heavy atom. The lowest BCUT2D eigenvalue weighted by Crippen LogP contribution is -2.18. The van der Waals surface area contributed by atoms with E-state index in [-0.39, 0.29) is 6.29 Å². The lowest BCUT2D eigenvalue weighted by molar-refractivity contribution is -0.274. The average Bonchev–Trinajstić information content (AvgIpc) is 2.44. The van der Waals surface area contributed by atoms with Gasteiger partial charge < -0.3 is 4.74 Å². The molecule has 0 radical (unpaired) electrons. The molecule has 1 aromatic heterocycles. The summed E-state index contributed by atoms with van der Waals surface area (Å²) in [6.45, 7) is 0. The molecule has 0 aliphatic heterocycles. The molecule has 3 nitrogen and oxygen atoms in total. The number of hydrogen-bond donors (Lipinski definition) is 0. The summed E-state index contributed by atoms with van der Waals surface area (Å²) in [5.74, 6) is -0.846. The molecule has 122 valence electrons. The fourth-order valence-corrected chi connectivity index (χ4v) is 1.95. The summed E-state index contributed by atoms with van der Waals surface area (Å²) in [5.41, 5.74) is -3.50. The van der Waals surface area contributed by atoms with Gasteiger partial charge in [-0.1, -0.05) is 12.1 Å². The van der Waals surface area contributed by atoms with Gasteiger partial charge in [0.25, 0.3) is 0 Å². The first-order valence-electron chi connectivity index (χ1n) is 6.00. The summed E-state index contributed by atoms with van der Waals surface area (Å²) in [7, 11) is 0. The lowest BCUT2D eigenvalue weighted by Gasteiger charge is -2.17. The minimum atomic E-state index is -5.09. The minimum Gasteiger partial charge on any atom is -0.405 e. The van der Waals surface area contributed by atoms with Crippen LogP contribution in [0.1, 0.15) is 15.9 Å². The van der Waals surface area contributed by atoms with Crippen molar-refractivity contribution < 1.29 is 35.9 Å². The van der Waals surface area contributed by atoms with Crippen LogP contribution in [0.15, 0.2) is 36.5 Å². The topological polar surface area (TPSA) is 39.2 Å². The predicted octanol–water partition coefficient (Wildman–Crippen LogP) is 4.48. The smallest absolute Gasteiger partial charge is 0.405 e. The van der Waals surface area contributed by atoms with Crippen molar-refractivity contribution in [2.75, 3.05) is 0 Å². The highest BCUT2D eigenvalue weighted by Gasteiger charge is 2.39. The summed E-state index contributed by atoms with van der Waals surface area (Å²) in [5, 5.41) is 0. The van der Waals surface area contributed by atoms with E-state index in [9.17, 15) is 31.1 Å². The van der Waals surface area contributed by atoms with Crippen molar-refractivity contribution >= 4 is 6.29 Å². The normalized spacial score (nSPS) is 12.1. The van der Waals surface area contributed by atoms with E-state index in [0.29, 0.717) is 0 Å². The van der Waals surface area contributed by atoms with E-state index in [4.69, 9.17) is 0 Å². The number of aldehydes is 1. The molecular weight excluding hydrogens is 328 g/mol. The number of halogens is 6. The zero-order valence-corrected chi connectivity index (χ0v) is 11.1. The number of pyridine rings is 1. The first-order chi connectivity index (χ1) is 10.6. The fourth-order valence-electron chi connectivity index (χ4n) is 1.95. The highest BCUT2D eigenvalue weighted by atomic mass is 19.4. The molecule has 0 saturated heterocycles. The van der Waals surface area contributed by atoms with Crippen molar-refractivity contribution in [2.45, 2.75) is 12.5 Å². The molecule has 0 saturated carbocycles. The number of aromatic nitrogens is 1. The standard InChI is InChI=1S/C14H7F6NO2/c15-13(16,17)11-8(7-22)5-6-21-12(11)9-3-1-2-4-10(9)23-14(18,19)20/h1-7H. The van der Waals surface area contributed by atoms with E-state index in [0.717, 1.165) is 24.4 Å². The molecule has 0 spiro atoms. The molecule has 0 N–H and O–H groups in total. The zero-order valence-electron chi connectivity index (χ0n) is 11.1. The predicted molar refractivity (Wildman–Crippen MR) is 66.7 cm³/mol. The third kappa shape index (κ3) is 3.79. The summed E-state index contributed by atoms with van der Waals surface area (Å²) >= 11 is 0. The third-order valence-corrected chi connectivity index (χ3v) is 2.76. The van der Waals surface area contributed by atoms with Crippen LogP contribution in [0, 0.1) is 0 Å². The molecule has 1 aromatic carbocycles. The van der Waals surface area contributed by atoms with Gasteiger partial charge >= 0.3 is 12.5 Å². The van der Waals surface area contributed by atoms with Gasteiger partial charge in [0.1, 0.15) is 5.75 Å². The number of carbonyl (C=O) groups excluding carboxylic acids is 1. The Balaban J connectivity index is 2.71. The van der Waals surface area contributed by atoms with Gasteiger partial charge in [0.2, 0.25) is 0 Å². The highest BCUT2D eigenvalue weighted by molar-refractivity contribution is 5.83. The summed E-state index contributed by atoms with van der Waals surface area (Å²) < 4.78 is 80.5. The second kappa shape index (κ2) is 5.90. The number of ether oxygens (including phenoxy) is 1.